The van der Waals surface area contributed by atoms with E-state index in [2.05, 4.69) is 20.6 Å². The zero-order valence-electron chi connectivity index (χ0n) is 15.7. The maximum Gasteiger partial charge on any atom is 0.315 e. The molecule has 9 nitrogen and oxygen atoms in total. The lowest BCUT2D eigenvalue weighted by molar-refractivity contribution is 0.174. The highest BCUT2D eigenvalue weighted by Gasteiger charge is 2.22. The largest absolute Gasteiger partial charge is 0.454 e. The van der Waals surface area contributed by atoms with Gasteiger partial charge in [0.2, 0.25) is 12.7 Å². The van der Waals surface area contributed by atoms with Crippen molar-refractivity contribution in [3.8, 4) is 11.5 Å². The van der Waals surface area contributed by atoms with Crippen LogP contribution in [-0.2, 0) is 6.54 Å². The van der Waals surface area contributed by atoms with Crippen molar-refractivity contribution >= 4 is 12.0 Å². The predicted molar refractivity (Wildman–Crippen MR) is 103 cm³/mol. The average molecular weight is 385 g/mol. The van der Waals surface area contributed by atoms with Gasteiger partial charge in [-0.05, 0) is 37.5 Å². The number of hydrogen-bond donors (Lipinski definition) is 3. The maximum absolute atomic E-state index is 12.2. The van der Waals surface area contributed by atoms with Gasteiger partial charge < -0.3 is 25.0 Å². The Balaban J connectivity index is 1.24. The summed E-state index contributed by atoms with van der Waals surface area (Å²) in [6.07, 6.45) is 1.57. The minimum Gasteiger partial charge on any atom is -0.454 e. The summed E-state index contributed by atoms with van der Waals surface area (Å²) in [5.41, 5.74) is 1.50. The number of urea groups is 1. The van der Waals surface area contributed by atoms with E-state index in [9.17, 15) is 9.59 Å². The molecule has 1 fully saturated rings. The van der Waals surface area contributed by atoms with Crippen LogP contribution in [0.2, 0.25) is 0 Å². The summed E-state index contributed by atoms with van der Waals surface area (Å²) in [6.45, 7) is 3.89. The molecule has 0 radical (unpaired) electrons. The molecule has 9 heteroatoms. The Bertz CT molecular complexity index is 921. The summed E-state index contributed by atoms with van der Waals surface area (Å²) >= 11 is 0. The van der Waals surface area contributed by atoms with Gasteiger partial charge in [0.25, 0.3) is 5.56 Å². The van der Waals surface area contributed by atoms with Crippen LogP contribution < -0.4 is 30.6 Å². The van der Waals surface area contributed by atoms with Crippen LogP contribution in [-0.4, -0.2) is 41.9 Å². The van der Waals surface area contributed by atoms with E-state index in [4.69, 9.17) is 9.47 Å². The van der Waals surface area contributed by atoms with Crippen molar-refractivity contribution in [2.75, 3.05) is 24.8 Å². The molecule has 28 heavy (non-hydrogen) atoms. The van der Waals surface area contributed by atoms with E-state index >= 15 is 0 Å². The lowest BCUT2D eigenvalue weighted by Crippen LogP contribution is -2.48. The fourth-order valence-corrected chi connectivity index (χ4v) is 3.42. The van der Waals surface area contributed by atoms with Crippen LogP contribution in [0.3, 0.4) is 0 Å². The number of hydrogen-bond acceptors (Lipinski definition) is 6. The average Bonchev–Trinajstić information content (AvgIpc) is 3.14. The third kappa shape index (κ3) is 4.19. The highest BCUT2D eigenvalue weighted by atomic mass is 16.7. The van der Waals surface area contributed by atoms with Gasteiger partial charge in [-0.2, -0.15) is 0 Å². The van der Waals surface area contributed by atoms with E-state index in [1.54, 1.807) is 6.92 Å². The normalized spacial score (nSPS) is 16.1. The number of nitrogens with one attached hydrogen (secondary N) is 3. The molecule has 0 bridgehead atoms. The molecule has 3 heterocycles. The molecule has 0 atom stereocenters. The number of benzene rings is 1. The monoisotopic (exact) mass is 385 g/mol. The molecule has 1 aromatic carbocycles. The molecule has 0 unspecified atom stereocenters. The Kier molecular flexibility index (Phi) is 5.05. The summed E-state index contributed by atoms with van der Waals surface area (Å²) in [4.78, 5) is 33.0. The molecule has 2 aliphatic heterocycles. The fraction of sp³-hybridized carbons (Fsp3) is 0.421. The van der Waals surface area contributed by atoms with Gasteiger partial charge in [-0.25, -0.2) is 9.78 Å². The minimum absolute atomic E-state index is 0.0875. The zero-order valence-corrected chi connectivity index (χ0v) is 15.7. The second-order valence-electron chi connectivity index (χ2n) is 6.99. The molecular weight excluding hydrogens is 362 g/mol. The van der Waals surface area contributed by atoms with Crippen molar-refractivity contribution < 1.29 is 14.3 Å². The first-order valence-electron chi connectivity index (χ1n) is 9.32. The molecular formula is C19H23N5O4. The van der Waals surface area contributed by atoms with Crippen molar-refractivity contribution in [1.29, 1.82) is 0 Å². The molecule has 2 aliphatic rings. The van der Waals surface area contributed by atoms with Gasteiger partial charge in [0.1, 0.15) is 0 Å². The number of rotatable bonds is 4. The van der Waals surface area contributed by atoms with Crippen molar-refractivity contribution in [2.24, 2.45) is 0 Å². The second-order valence-corrected chi connectivity index (χ2v) is 6.99. The number of aromatic nitrogens is 2. The Morgan fingerprint density at radius 3 is 2.82 bits per heavy atom. The van der Waals surface area contributed by atoms with E-state index in [-0.39, 0.29) is 24.4 Å². The molecule has 2 aromatic rings. The van der Waals surface area contributed by atoms with Crippen LogP contribution in [0.4, 0.5) is 10.7 Å². The number of carbonyl (C=O) groups excluding carboxylic acids is 1. The first-order valence-corrected chi connectivity index (χ1v) is 9.32. The van der Waals surface area contributed by atoms with E-state index < -0.39 is 0 Å². The third-order valence-electron chi connectivity index (χ3n) is 4.88. The number of amides is 2. The number of nitrogens with zero attached hydrogens (tertiary/aromatic N) is 2. The number of piperidine rings is 1. The highest BCUT2D eigenvalue weighted by Crippen LogP contribution is 2.32. The van der Waals surface area contributed by atoms with Crippen LogP contribution in [0.1, 0.15) is 24.1 Å². The fourth-order valence-electron chi connectivity index (χ4n) is 3.42. The molecule has 4 rings (SSSR count). The minimum atomic E-state index is -0.196. The summed E-state index contributed by atoms with van der Waals surface area (Å²) in [5.74, 6) is 2.02. The van der Waals surface area contributed by atoms with Crippen LogP contribution in [0.5, 0.6) is 11.5 Å². The van der Waals surface area contributed by atoms with Crippen molar-refractivity contribution in [3.63, 3.8) is 0 Å². The number of aryl methyl sites for hydroxylation is 1. The van der Waals surface area contributed by atoms with E-state index in [0.29, 0.717) is 23.9 Å². The zero-order chi connectivity index (χ0) is 19.5. The molecule has 0 spiro atoms. The van der Waals surface area contributed by atoms with Crippen LogP contribution in [0.15, 0.2) is 29.1 Å². The topological polar surface area (TPSA) is 109 Å². The maximum atomic E-state index is 12.2. The quantitative estimate of drug-likeness (QED) is 0.732. The van der Waals surface area contributed by atoms with Gasteiger partial charge in [0.05, 0.1) is 0 Å². The predicted octanol–water partition coefficient (Wildman–Crippen LogP) is 1.28. The van der Waals surface area contributed by atoms with Gasteiger partial charge in [-0.3, -0.25) is 9.78 Å². The Hall–Kier alpha value is -3.23. The van der Waals surface area contributed by atoms with Crippen molar-refractivity contribution in [1.82, 2.24) is 20.6 Å². The molecule has 3 N–H and O–H groups in total. The molecule has 1 aromatic heterocycles. The first kappa shape index (κ1) is 18.1. The molecule has 0 aliphatic carbocycles. The van der Waals surface area contributed by atoms with Gasteiger partial charge in [0, 0.05) is 37.4 Å². The number of anilines is 1. The van der Waals surface area contributed by atoms with Crippen molar-refractivity contribution in [2.45, 2.75) is 32.4 Å². The Labute approximate surface area is 162 Å². The van der Waals surface area contributed by atoms with Gasteiger partial charge in [0.15, 0.2) is 11.5 Å². The molecule has 148 valence electrons. The number of aromatic amines is 1. The number of carbonyl (C=O) groups is 1. The van der Waals surface area contributed by atoms with Gasteiger partial charge in [-0.1, -0.05) is 6.07 Å². The van der Waals surface area contributed by atoms with E-state index in [1.807, 2.05) is 23.1 Å². The number of fused-ring (bicyclic) bond motifs is 1. The standard InChI is InChI=1S/C19H23N5O4/c1-12-8-17(25)23-18(21-12)24-6-4-14(5-7-24)22-19(26)20-10-13-2-3-15-16(9-13)28-11-27-15/h2-3,8-9,14H,4-7,10-11H2,1H3,(H2,20,22,26)(H,21,23,25). The first-order chi connectivity index (χ1) is 13.6. The third-order valence-corrected chi connectivity index (χ3v) is 4.88. The molecule has 2 amide bonds. The van der Waals surface area contributed by atoms with Crippen molar-refractivity contribution in [3.05, 3.63) is 45.9 Å². The number of ether oxygens (including phenoxy) is 2. The number of H-pyrrole nitrogens is 1. The summed E-state index contributed by atoms with van der Waals surface area (Å²) < 4.78 is 10.6. The summed E-state index contributed by atoms with van der Waals surface area (Å²) in [5, 5.41) is 5.89. The SMILES string of the molecule is Cc1cc(=O)[nH]c(N2CCC(NC(=O)NCc3ccc4c(c3)OCO4)CC2)n1. The summed E-state index contributed by atoms with van der Waals surface area (Å²) in [7, 11) is 0. The lowest BCUT2D eigenvalue weighted by Gasteiger charge is -2.32. The Morgan fingerprint density at radius 2 is 2.04 bits per heavy atom. The molecule has 1 saturated heterocycles. The Morgan fingerprint density at radius 1 is 1.25 bits per heavy atom. The highest BCUT2D eigenvalue weighted by molar-refractivity contribution is 5.74. The lowest BCUT2D eigenvalue weighted by atomic mass is 10.1. The second kappa shape index (κ2) is 7.79. The van der Waals surface area contributed by atoms with Crippen LogP contribution in [0, 0.1) is 6.92 Å². The van der Waals surface area contributed by atoms with Crippen LogP contribution >= 0.6 is 0 Å². The van der Waals surface area contributed by atoms with Gasteiger partial charge in [-0.15, -0.1) is 0 Å². The van der Waals surface area contributed by atoms with Gasteiger partial charge >= 0.3 is 6.03 Å². The smallest absolute Gasteiger partial charge is 0.315 e. The van der Waals surface area contributed by atoms with E-state index in [0.717, 1.165) is 37.2 Å². The summed E-state index contributed by atoms with van der Waals surface area (Å²) in [6, 6.07) is 6.99. The van der Waals surface area contributed by atoms with E-state index in [1.165, 1.54) is 6.07 Å². The van der Waals surface area contributed by atoms with Crippen LogP contribution in [0.25, 0.3) is 0 Å². The molecule has 0 saturated carbocycles.